The second kappa shape index (κ2) is 9.73. The van der Waals surface area contributed by atoms with Gasteiger partial charge in [-0.25, -0.2) is 8.42 Å². The molecule has 0 fully saturated rings. The number of carboxylic acids is 1. The van der Waals surface area contributed by atoms with Crippen molar-refractivity contribution in [1.82, 2.24) is 4.72 Å². The number of nitrogens with one attached hydrogen (secondary N) is 1. The van der Waals surface area contributed by atoms with E-state index in [2.05, 4.69) is 4.72 Å². The van der Waals surface area contributed by atoms with Crippen molar-refractivity contribution >= 4 is 22.0 Å². The van der Waals surface area contributed by atoms with Gasteiger partial charge >= 0.3 is 11.9 Å². The Morgan fingerprint density at radius 3 is 2.30 bits per heavy atom. The van der Waals surface area contributed by atoms with Crippen molar-refractivity contribution in [2.45, 2.75) is 44.7 Å². The number of carboxylic acid groups (broad SMARTS) is 1. The van der Waals surface area contributed by atoms with Gasteiger partial charge in [0.1, 0.15) is 18.4 Å². The number of sulfonamides is 1. The summed E-state index contributed by atoms with van der Waals surface area (Å²) in [6, 6.07) is 8.77. The highest BCUT2D eigenvalue weighted by molar-refractivity contribution is 7.89. The highest BCUT2D eigenvalue weighted by Crippen LogP contribution is 2.30. The minimum atomic E-state index is -4.22. The fourth-order valence-corrected chi connectivity index (χ4v) is 4.75. The van der Waals surface area contributed by atoms with E-state index < -0.39 is 34.4 Å². The molecule has 2 N–H and O–H groups in total. The van der Waals surface area contributed by atoms with Crippen LogP contribution in [0.3, 0.4) is 0 Å². The Labute approximate surface area is 175 Å². The van der Waals surface area contributed by atoms with Crippen LogP contribution in [0.15, 0.2) is 41.3 Å². The maximum absolute atomic E-state index is 12.9. The lowest BCUT2D eigenvalue weighted by atomic mass is 10.1. The number of rotatable bonds is 9. The quantitative estimate of drug-likeness (QED) is 0.581. The number of aryl methyl sites for hydroxylation is 1. The molecule has 0 aliphatic heterocycles. The van der Waals surface area contributed by atoms with Gasteiger partial charge in [0.15, 0.2) is 0 Å². The third kappa shape index (κ3) is 5.58. The van der Waals surface area contributed by atoms with Gasteiger partial charge in [-0.3, -0.25) is 9.59 Å². The molecule has 0 aromatic heterocycles. The highest BCUT2D eigenvalue weighted by atomic mass is 32.2. The summed E-state index contributed by atoms with van der Waals surface area (Å²) in [5.74, 6) is -1.77. The van der Waals surface area contributed by atoms with Crippen molar-refractivity contribution in [3.05, 3.63) is 58.7 Å². The van der Waals surface area contributed by atoms with Crippen LogP contribution in [0.2, 0.25) is 0 Å². The Morgan fingerprint density at radius 2 is 1.73 bits per heavy atom. The zero-order chi connectivity index (χ0) is 22.5. The number of hydrogen-bond acceptors (Lipinski definition) is 6. The summed E-state index contributed by atoms with van der Waals surface area (Å²) in [6.07, 6.45) is -0.644. The van der Waals surface area contributed by atoms with Gasteiger partial charge in [0.25, 0.3) is 0 Å². The smallest absolute Gasteiger partial charge is 0.322 e. The lowest BCUT2D eigenvalue weighted by molar-refractivity contribution is -0.150. The van der Waals surface area contributed by atoms with E-state index in [4.69, 9.17) is 9.47 Å². The van der Waals surface area contributed by atoms with E-state index >= 15 is 0 Å². The maximum Gasteiger partial charge on any atom is 0.322 e. The minimum absolute atomic E-state index is 0.0331. The highest BCUT2D eigenvalue weighted by Gasteiger charge is 2.31. The number of carbonyl (C=O) groups excluding carboxylic acids is 1. The largest absolute Gasteiger partial charge is 0.496 e. The molecule has 0 spiro atoms. The van der Waals surface area contributed by atoms with Crippen molar-refractivity contribution in [2.24, 2.45) is 0 Å². The topological polar surface area (TPSA) is 119 Å². The SMILES string of the molecule is COc1cc(C)c(S(=O)(=O)N[C@@H](CC(=O)OCc2ccccc2)C(=O)O)c(C)c1C. The van der Waals surface area contributed by atoms with Crippen LogP contribution < -0.4 is 9.46 Å². The molecule has 2 aromatic rings. The van der Waals surface area contributed by atoms with Crippen LogP contribution in [0.5, 0.6) is 5.75 Å². The third-order valence-corrected chi connectivity index (χ3v) is 6.44. The third-order valence-electron chi connectivity index (χ3n) is 4.68. The lowest BCUT2D eigenvalue weighted by Gasteiger charge is -2.19. The Kier molecular flexibility index (Phi) is 7.58. The van der Waals surface area contributed by atoms with E-state index in [1.807, 2.05) is 6.07 Å². The van der Waals surface area contributed by atoms with Crippen LogP contribution >= 0.6 is 0 Å². The second-order valence-electron chi connectivity index (χ2n) is 6.84. The van der Waals surface area contributed by atoms with Gasteiger partial charge in [-0.05, 0) is 49.1 Å². The Bertz CT molecular complexity index is 1030. The average Bonchev–Trinajstić information content (AvgIpc) is 2.69. The summed E-state index contributed by atoms with van der Waals surface area (Å²) in [6.45, 7) is 4.88. The van der Waals surface area contributed by atoms with E-state index in [9.17, 15) is 23.1 Å². The summed E-state index contributed by atoms with van der Waals surface area (Å²) < 4.78 is 38.3. The van der Waals surface area contributed by atoms with E-state index in [-0.39, 0.29) is 11.5 Å². The molecule has 0 unspecified atom stereocenters. The first-order chi connectivity index (χ1) is 14.1. The van der Waals surface area contributed by atoms with Gasteiger partial charge in [-0.1, -0.05) is 30.3 Å². The van der Waals surface area contributed by atoms with E-state index in [1.165, 1.54) is 7.11 Å². The molecule has 162 valence electrons. The number of hydrogen-bond donors (Lipinski definition) is 2. The minimum Gasteiger partial charge on any atom is -0.496 e. The molecule has 2 rings (SSSR count). The normalized spacial score (nSPS) is 12.3. The first-order valence-corrected chi connectivity index (χ1v) is 10.6. The molecular formula is C21H25NO7S. The molecule has 0 aliphatic carbocycles. The predicted molar refractivity (Wildman–Crippen MR) is 110 cm³/mol. The number of carbonyl (C=O) groups is 2. The number of aliphatic carboxylic acids is 1. The monoisotopic (exact) mass is 435 g/mol. The number of benzene rings is 2. The summed E-state index contributed by atoms with van der Waals surface area (Å²) in [5.41, 5.74) is 2.20. The van der Waals surface area contributed by atoms with Crippen LogP contribution in [-0.4, -0.2) is 38.6 Å². The molecule has 0 saturated carbocycles. The van der Waals surface area contributed by atoms with Gasteiger partial charge in [-0.2, -0.15) is 4.72 Å². The first kappa shape index (κ1) is 23.4. The van der Waals surface area contributed by atoms with Gasteiger partial charge in [0.05, 0.1) is 18.4 Å². The van der Waals surface area contributed by atoms with E-state index in [0.29, 0.717) is 22.4 Å². The summed E-state index contributed by atoms with van der Waals surface area (Å²) in [7, 11) is -2.74. The molecule has 0 heterocycles. The molecule has 0 aliphatic rings. The molecule has 1 atom stereocenters. The molecule has 2 aromatic carbocycles. The van der Waals surface area contributed by atoms with Crippen LogP contribution in [0.4, 0.5) is 0 Å². The molecule has 0 radical (unpaired) electrons. The number of ether oxygens (including phenoxy) is 2. The molecule has 0 bridgehead atoms. The predicted octanol–water partition coefficient (Wildman–Crippen LogP) is 2.49. The summed E-state index contributed by atoms with van der Waals surface area (Å²) in [5, 5.41) is 9.44. The van der Waals surface area contributed by atoms with Gasteiger partial charge < -0.3 is 14.6 Å². The molecule has 0 saturated heterocycles. The Balaban J connectivity index is 2.19. The fourth-order valence-electron chi connectivity index (χ4n) is 3.04. The van der Waals surface area contributed by atoms with Crippen LogP contribution in [0.1, 0.15) is 28.7 Å². The molecule has 0 amide bonds. The average molecular weight is 435 g/mol. The molecule has 9 heteroatoms. The van der Waals surface area contributed by atoms with Crippen LogP contribution in [-0.2, 0) is 31.0 Å². The second-order valence-corrected chi connectivity index (χ2v) is 8.49. The van der Waals surface area contributed by atoms with Gasteiger partial charge in [0, 0.05) is 0 Å². The Hall–Kier alpha value is -2.91. The molecular weight excluding hydrogens is 410 g/mol. The van der Waals surface area contributed by atoms with Gasteiger partial charge in [-0.15, -0.1) is 0 Å². The Morgan fingerprint density at radius 1 is 1.10 bits per heavy atom. The summed E-state index contributed by atoms with van der Waals surface area (Å²) >= 11 is 0. The van der Waals surface area contributed by atoms with E-state index in [0.717, 1.165) is 5.56 Å². The van der Waals surface area contributed by atoms with Gasteiger partial charge in [0.2, 0.25) is 10.0 Å². The molecule has 8 nitrogen and oxygen atoms in total. The fraction of sp³-hybridized carbons (Fsp3) is 0.333. The number of esters is 1. The molecule has 30 heavy (non-hydrogen) atoms. The van der Waals surface area contributed by atoms with Crippen molar-refractivity contribution in [3.8, 4) is 5.75 Å². The lowest BCUT2D eigenvalue weighted by Crippen LogP contribution is -2.42. The zero-order valence-electron chi connectivity index (χ0n) is 17.3. The van der Waals surface area contributed by atoms with Crippen molar-refractivity contribution in [2.75, 3.05) is 7.11 Å². The van der Waals surface area contributed by atoms with E-state index in [1.54, 1.807) is 51.1 Å². The van der Waals surface area contributed by atoms with Crippen molar-refractivity contribution < 1.29 is 32.6 Å². The maximum atomic E-state index is 12.9. The van der Waals surface area contributed by atoms with Crippen molar-refractivity contribution in [1.29, 1.82) is 0 Å². The number of methoxy groups -OCH3 is 1. The zero-order valence-corrected chi connectivity index (χ0v) is 18.1. The van der Waals surface area contributed by atoms with Crippen LogP contribution in [0.25, 0.3) is 0 Å². The summed E-state index contributed by atoms with van der Waals surface area (Å²) in [4.78, 5) is 23.7. The first-order valence-electron chi connectivity index (χ1n) is 9.16. The van der Waals surface area contributed by atoms with Crippen molar-refractivity contribution in [3.63, 3.8) is 0 Å². The standard InChI is InChI=1S/C21H25NO7S/c1-13-10-18(28-4)14(2)15(3)20(13)30(26,27)22-17(21(24)25)11-19(23)29-12-16-8-6-5-7-9-16/h5-10,17,22H,11-12H2,1-4H3,(H,24,25)/t17-/m0/s1. The van der Waals surface area contributed by atoms with Crippen LogP contribution in [0, 0.1) is 20.8 Å².